The number of hydrogen-bond acceptors (Lipinski definition) is 2. The van der Waals surface area contributed by atoms with Gasteiger partial charge in [-0.2, -0.15) is 0 Å². The van der Waals surface area contributed by atoms with Crippen LogP contribution in [0, 0.1) is 17.3 Å². The van der Waals surface area contributed by atoms with Gasteiger partial charge >= 0.3 is 0 Å². The molecular weight excluding hydrogens is 256 g/mol. The van der Waals surface area contributed by atoms with Crippen molar-refractivity contribution < 1.29 is 4.79 Å². The molecule has 2 aliphatic rings. The fraction of sp³-hybridized carbons (Fsp3) is 0.867. The molecule has 1 saturated carbocycles. The minimum absolute atomic E-state index is 0.162. The lowest BCUT2D eigenvalue weighted by Gasteiger charge is -2.42. The molecule has 1 amide bonds. The molecule has 0 aromatic heterocycles. The summed E-state index contributed by atoms with van der Waals surface area (Å²) in [6, 6.07) is 0. The van der Waals surface area contributed by atoms with Crippen LogP contribution < -0.4 is 5.73 Å². The Labute approximate surface area is 121 Å². The Morgan fingerprint density at radius 1 is 1.21 bits per heavy atom. The van der Waals surface area contributed by atoms with Crippen molar-refractivity contribution >= 4 is 23.1 Å². The first kappa shape index (κ1) is 14.8. The molecule has 1 unspecified atom stereocenters. The number of rotatable bonds is 2. The van der Waals surface area contributed by atoms with E-state index in [1.807, 2.05) is 4.90 Å². The third-order valence-corrected chi connectivity index (χ3v) is 5.35. The van der Waals surface area contributed by atoms with Gasteiger partial charge in [0.25, 0.3) is 0 Å². The number of hydrogen-bond donors (Lipinski definition) is 1. The van der Waals surface area contributed by atoms with Gasteiger partial charge in [-0.3, -0.25) is 4.79 Å². The normalized spacial score (nSPS) is 28.1. The third-order valence-electron chi connectivity index (χ3n) is 5.01. The number of likely N-dealkylation sites (tertiary alicyclic amines) is 1. The van der Waals surface area contributed by atoms with E-state index < -0.39 is 0 Å². The van der Waals surface area contributed by atoms with Crippen molar-refractivity contribution in [2.45, 2.75) is 52.4 Å². The summed E-state index contributed by atoms with van der Waals surface area (Å²) in [5.74, 6) is 0.909. The highest BCUT2D eigenvalue weighted by Crippen LogP contribution is 2.41. The Kier molecular flexibility index (Phi) is 4.49. The summed E-state index contributed by atoms with van der Waals surface area (Å²) in [6.45, 7) is 6.15. The molecule has 1 saturated heterocycles. The lowest BCUT2D eigenvalue weighted by molar-refractivity contribution is -0.142. The molecule has 0 bridgehead atoms. The average Bonchev–Trinajstić information content (AvgIpc) is 2.37. The zero-order valence-corrected chi connectivity index (χ0v) is 13.0. The molecule has 19 heavy (non-hydrogen) atoms. The van der Waals surface area contributed by atoms with Crippen LogP contribution in [0.1, 0.15) is 52.4 Å². The van der Waals surface area contributed by atoms with Crippen molar-refractivity contribution in [2.75, 3.05) is 13.1 Å². The van der Waals surface area contributed by atoms with Crippen molar-refractivity contribution in [2.24, 2.45) is 23.0 Å². The highest BCUT2D eigenvalue weighted by molar-refractivity contribution is 7.80. The summed E-state index contributed by atoms with van der Waals surface area (Å²) in [7, 11) is 0. The zero-order valence-electron chi connectivity index (χ0n) is 12.2. The molecule has 0 spiro atoms. The van der Waals surface area contributed by atoms with Crippen molar-refractivity contribution in [3.63, 3.8) is 0 Å². The van der Waals surface area contributed by atoms with E-state index in [4.69, 9.17) is 18.0 Å². The predicted molar refractivity (Wildman–Crippen MR) is 81.8 cm³/mol. The van der Waals surface area contributed by atoms with Crippen LogP contribution in [0.4, 0.5) is 0 Å². The third kappa shape index (κ3) is 3.28. The van der Waals surface area contributed by atoms with E-state index in [0.717, 1.165) is 32.4 Å². The number of amides is 1. The Hall–Kier alpha value is -0.640. The maximum Gasteiger partial charge on any atom is 0.226 e. The lowest BCUT2D eigenvalue weighted by Crippen LogP contribution is -2.47. The lowest BCUT2D eigenvalue weighted by atomic mass is 9.68. The zero-order chi connectivity index (χ0) is 14.0. The van der Waals surface area contributed by atoms with E-state index >= 15 is 0 Å². The van der Waals surface area contributed by atoms with Gasteiger partial charge in [-0.15, -0.1) is 0 Å². The van der Waals surface area contributed by atoms with Gasteiger partial charge in [0, 0.05) is 24.9 Å². The second kappa shape index (κ2) is 5.78. The smallest absolute Gasteiger partial charge is 0.226 e. The molecule has 3 nitrogen and oxygen atoms in total. The molecular formula is C15H26N2OS. The van der Waals surface area contributed by atoms with Crippen molar-refractivity contribution in [1.82, 2.24) is 4.90 Å². The summed E-state index contributed by atoms with van der Waals surface area (Å²) in [6.07, 6.45) is 6.57. The number of thiocarbonyl (C=S) groups is 1. The fourth-order valence-electron chi connectivity index (χ4n) is 3.56. The average molecular weight is 282 g/mol. The van der Waals surface area contributed by atoms with E-state index in [1.165, 1.54) is 19.3 Å². The van der Waals surface area contributed by atoms with E-state index in [0.29, 0.717) is 16.8 Å². The molecule has 2 rings (SSSR count). The van der Waals surface area contributed by atoms with Gasteiger partial charge in [0.05, 0.1) is 4.99 Å². The Morgan fingerprint density at radius 2 is 1.84 bits per heavy atom. The van der Waals surface area contributed by atoms with Gasteiger partial charge in [-0.25, -0.2) is 0 Å². The van der Waals surface area contributed by atoms with Gasteiger partial charge in [0.1, 0.15) is 0 Å². The molecule has 2 N–H and O–H groups in total. The van der Waals surface area contributed by atoms with Crippen LogP contribution in [-0.4, -0.2) is 28.9 Å². The van der Waals surface area contributed by atoms with Crippen molar-refractivity contribution in [1.29, 1.82) is 0 Å². The van der Waals surface area contributed by atoms with Crippen LogP contribution in [0.15, 0.2) is 0 Å². The van der Waals surface area contributed by atoms with E-state index in [1.54, 1.807) is 0 Å². The highest BCUT2D eigenvalue weighted by atomic mass is 32.1. The number of nitrogens with zero attached hydrogens (tertiary/aromatic N) is 1. The minimum Gasteiger partial charge on any atom is -0.393 e. The fourth-order valence-corrected chi connectivity index (χ4v) is 3.79. The van der Waals surface area contributed by atoms with Crippen LogP contribution in [0.5, 0.6) is 0 Å². The van der Waals surface area contributed by atoms with E-state index in [9.17, 15) is 4.79 Å². The molecule has 0 aromatic carbocycles. The van der Waals surface area contributed by atoms with Crippen LogP contribution in [0.2, 0.25) is 0 Å². The maximum atomic E-state index is 12.7. The molecule has 0 radical (unpaired) electrons. The van der Waals surface area contributed by atoms with E-state index in [-0.39, 0.29) is 11.3 Å². The molecule has 108 valence electrons. The van der Waals surface area contributed by atoms with Crippen LogP contribution >= 0.6 is 12.2 Å². The first-order valence-corrected chi connectivity index (χ1v) is 7.91. The standard InChI is InChI=1S/C15H26N2OS/c1-15(2)8-4-3-5-12(15)14(18)17-9-6-11(7-10-17)13(16)19/h11-12H,3-10H2,1-2H3,(H2,16,19). The topological polar surface area (TPSA) is 46.3 Å². The Morgan fingerprint density at radius 3 is 2.37 bits per heavy atom. The number of carbonyl (C=O) groups is 1. The highest BCUT2D eigenvalue weighted by Gasteiger charge is 2.39. The van der Waals surface area contributed by atoms with Crippen LogP contribution in [0.25, 0.3) is 0 Å². The second-order valence-electron chi connectivity index (χ2n) is 6.79. The van der Waals surface area contributed by atoms with Gasteiger partial charge in [0.15, 0.2) is 0 Å². The largest absolute Gasteiger partial charge is 0.393 e. The maximum absolute atomic E-state index is 12.7. The minimum atomic E-state index is 0.162. The number of carbonyl (C=O) groups excluding carboxylic acids is 1. The van der Waals surface area contributed by atoms with Crippen molar-refractivity contribution in [3.05, 3.63) is 0 Å². The molecule has 1 atom stereocenters. The SMILES string of the molecule is CC1(C)CCCCC1C(=O)N1CCC(C(N)=S)CC1. The van der Waals surface area contributed by atoms with Gasteiger partial charge in [-0.05, 0) is 31.1 Å². The van der Waals surface area contributed by atoms with Gasteiger partial charge in [-0.1, -0.05) is 38.9 Å². The number of piperidine rings is 1. The number of nitrogens with two attached hydrogens (primary N) is 1. The van der Waals surface area contributed by atoms with Crippen molar-refractivity contribution in [3.8, 4) is 0 Å². The van der Waals surface area contributed by atoms with Gasteiger partial charge < -0.3 is 10.6 Å². The molecule has 2 fully saturated rings. The first-order chi connectivity index (χ1) is 8.92. The molecule has 1 aliphatic carbocycles. The van der Waals surface area contributed by atoms with Gasteiger partial charge in [0.2, 0.25) is 5.91 Å². The Bertz CT molecular complexity index is 359. The monoisotopic (exact) mass is 282 g/mol. The summed E-state index contributed by atoms with van der Waals surface area (Å²) in [5.41, 5.74) is 5.86. The summed E-state index contributed by atoms with van der Waals surface area (Å²) in [4.78, 5) is 15.4. The second-order valence-corrected chi connectivity index (χ2v) is 7.26. The van der Waals surface area contributed by atoms with Crippen LogP contribution in [0.3, 0.4) is 0 Å². The first-order valence-electron chi connectivity index (χ1n) is 7.50. The van der Waals surface area contributed by atoms with E-state index in [2.05, 4.69) is 13.8 Å². The molecule has 0 aromatic rings. The molecule has 4 heteroatoms. The van der Waals surface area contributed by atoms with Crippen LogP contribution in [-0.2, 0) is 4.79 Å². The summed E-state index contributed by atoms with van der Waals surface area (Å²) >= 11 is 5.06. The molecule has 1 heterocycles. The Balaban J connectivity index is 1.95. The predicted octanol–water partition coefficient (Wildman–Crippen LogP) is 2.73. The molecule has 1 aliphatic heterocycles. The summed E-state index contributed by atoms with van der Waals surface area (Å²) in [5, 5.41) is 0. The quantitative estimate of drug-likeness (QED) is 0.792. The summed E-state index contributed by atoms with van der Waals surface area (Å²) < 4.78 is 0.